The van der Waals surface area contributed by atoms with E-state index in [2.05, 4.69) is 20.8 Å². The summed E-state index contributed by atoms with van der Waals surface area (Å²) in [4.78, 5) is 27.1. The van der Waals surface area contributed by atoms with Crippen molar-refractivity contribution >= 4 is 17.5 Å². The van der Waals surface area contributed by atoms with Crippen molar-refractivity contribution in [2.24, 2.45) is 5.92 Å². The molecular formula is C23H26N6O4. The summed E-state index contributed by atoms with van der Waals surface area (Å²) in [7, 11) is 3.18. The van der Waals surface area contributed by atoms with Crippen LogP contribution in [0.2, 0.25) is 0 Å². The molecule has 10 heteroatoms. The lowest BCUT2D eigenvalue weighted by Gasteiger charge is -2.17. The number of tetrazole rings is 1. The third-order valence-corrected chi connectivity index (χ3v) is 5.69. The number of aryl methyl sites for hydroxylation is 1. The molecule has 2 heterocycles. The molecule has 10 nitrogen and oxygen atoms in total. The fourth-order valence-corrected chi connectivity index (χ4v) is 3.89. The van der Waals surface area contributed by atoms with E-state index in [4.69, 9.17) is 9.47 Å². The molecule has 4 rings (SSSR count). The highest BCUT2D eigenvalue weighted by atomic mass is 16.5. The van der Waals surface area contributed by atoms with E-state index in [1.807, 2.05) is 30.3 Å². The van der Waals surface area contributed by atoms with Gasteiger partial charge in [0.25, 0.3) is 0 Å². The molecule has 1 aliphatic rings. The van der Waals surface area contributed by atoms with Gasteiger partial charge in [-0.1, -0.05) is 12.1 Å². The maximum Gasteiger partial charge on any atom is 0.229 e. The maximum atomic E-state index is 12.8. The fourth-order valence-electron chi connectivity index (χ4n) is 3.89. The van der Waals surface area contributed by atoms with Crippen molar-refractivity contribution in [3.8, 4) is 17.2 Å². The molecule has 1 aliphatic heterocycles. The van der Waals surface area contributed by atoms with E-state index >= 15 is 0 Å². The summed E-state index contributed by atoms with van der Waals surface area (Å²) >= 11 is 0. The Morgan fingerprint density at radius 2 is 1.97 bits per heavy atom. The van der Waals surface area contributed by atoms with E-state index in [0.29, 0.717) is 42.5 Å². The standard InChI is InChI=1S/C23H26N6O4/c1-15-25-26-27-29(15)19-6-4-5-18(13-19)24-23(31)17-12-22(30)28(14-17)10-9-16-7-8-20(32-2)21(11-16)33-3/h4-8,11,13,17H,9-10,12,14H2,1-3H3,(H,24,31). The first-order valence-corrected chi connectivity index (χ1v) is 10.6. The Balaban J connectivity index is 1.35. The molecule has 0 saturated carbocycles. The number of carbonyl (C=O) groups is 2. The van der Waals surface area contributed by atoms with E-state index in [1.54, 1.807) is 42.9 Å². The molecule has 0 aliphatic carbocycles. The highest BCUT2D eigenvalue weighted by Crippen LogP contribution is 2.28. The minimum Gasteiger partial charge on any atom is -0.493 e. The number of amides is 2. The van der Waals surface area contributed by atoms with Crippen LogP contribution >= 0.6 is 0 Å². The van der Waals surface area contributed by atoms with Gasteiger partial charge in [0.15, 0.2) is 17.3 Å². The minimum atomic E-state index is -0.402. The van der Waals surface area contributed by atoms with Crippen LogP contribution in [0.25, 0.3) is 5.69 Å². The van der Waals surface area contributed by atoms with Gasteiger partial charge in [0.2, 0.25) is 11.8 Å². The summed E-state index contributed by atoms with van der Waals surface area (Å²) in [5.74, 6) is 1.36. The quantitative estimate of drug-likeness (QED) is 0.559. The number of methoxy groups -OCH3 is 2. The van der Waals surface area contributed by atoms with Gasteiger partial charge >= 0.3 is 0 Å². The molecular weight excluding hydrogens is 424 g/mol. The van der Waals surface area contributed by atoms with Crippen LogP contribution in [0.1, 0.15) is 17.8 Å². The van der Waals surface area contributed by atoms with Crippen LogP contribution in [-0.4, -0.2) is 64.2 Å². The SMILES string of the molecule is COc1ccc(CCN2CC(C(=O)Nc3cccc(-n4nnnc4C)c3)CC2=O)cc1OC. The normalized spacial score (nSPS) is 15.5. The van der Waals surface area contributed by atoms with Crippen LogP contribution in [0.15, 0.2) is 42.5 Å². The summed E-state index contributed by atoms with van der Waals surface area (Å²) in [5.41, 5.74) is 2.40. The van der Waals surface area contributed by atoms with Crippen LogP contribution in [0.3, 0.4) is 0 Å². The van der Waals surface area contributed by atoms with Gasteiger partial charge in [0, 0.05) is 25.2 Å². The van der Waals surface area contributed by atoms with E-state index in [-0.39, 0.29) is 18.2 Å². The second-order valence-electron chi connectivity index (χ2n) is 7.86. The number of nitrogens with zero attached hydrogens (tertiary/aromatic N) is 5. The van der Waals surface area contributed by atoms with Crippen molar-refractivity contribution in [3.63, 3.8) is 0 Å². The first-order valence-electron chi connectivity index (χ1n) is 10.6. The zero-order valence-corrected chi connectivity index (χ0v) is 18.8. The second kappa shape index (κ2) is 9.68. The monoisotopic (exact) mass is 450 g/mol. The number of rotatable bonds is 8. The number of carbonyl (C=O) groups excluding carboxylic acids is 2. The minimum absolute atomic E-state index is 0.0197. The summed E-state index contributed by atoms with van der Waals surface area (Å²) in [5, 5.41) is 14.4. The number of likely N-dealkylation sites (tertiary alicyclic amines) is 1. The van der Waals surface area contributed by atoms with Gasteiger partial charge in [-0.05, 0) is 59.7 Å². The van der Waals surface area contributed by atoms with Gasteiger partial charge in [-0.3, -0.25) is 9.59 Å². The molecule has 172 valence electrons. The van der Waals surface area contributed by atoms with Crippen LogP contribution in [0, 0.1) is 12.8 Å². The second-order valence-corrected chi connectivity index (χ2v) is 7.86. The van der Waals surface area contributed by atoms with Crippen molar-refractivity contribution in [1.29, 1.82) is 0 Å². The molecule has 1 unspecified atom stereocenters. The largest absolute Gasteiger partial charge is 0.493 e. The first kappa shape index (κ1) is 22.3. The molecule has 1 atom stereocenters. The molecule has 0 spiro atoms. The van der Waals surface area contributed by atoms with Crippen LogP contribution in [0.5, 0.6) is 11.5 Å². The van der Waals surface area contributed by atoms with Crippen LogP contribution in [-0.2, 0) is 16.0 Å². The number of hydrogen-bond donors (Lipinski definition) is 1. The lowest BCUT2D eigenvalue weighted by molar-refractivity contribution is -0.128. The summed E-state index contributed by atoms with van der Waals surface area (Å²) < 4.78 is 12.2. The molecule has 33 heavy (non-hydrogen) atoms. The molecule has 1 N–H and O–H groups in total. The Hall–Kier alpha value is -3.95. The van der Waals surface area contributed by atoms with Crippen molar-refractivity contribution < 1.29 is 19.1 Å². The van der Waals surface area contributed by atoms with E-state index in [0.717, 1.165) is 11.3 Å². The molecule has 0 radical (unpaired) electrons. The zero-order chi connectivity index (χ0) is 23.4. The zero-order valence-electron chi connectivity index (χ0n) is 18.8. The van der Waals surface area contributed by atoms with Gasteiger partial charge in [-0.25, -0.2) is 0 Å². The first-order chi connectivity index (χ1) is 16.0. The van der Waals surface area contributed by atoms with Gasteiger partial charge in [-0.15, -0.1) is 5.10 Å². The predicted molar refractivity (Wildman–Crippen MR) is 120 cm³/mol. The average Bonchev–Trinajstić information content (AvgIpc) is 3.42. The third-order valence-electron chi connectivity index (χ3n) is 5.69. The number of hydrogen-bond acceptors (Lipinski definition) is 7. The molecule has 1 aromatic heterocycles. The van der Waals surface area contributed by atoms with Crippen molar-refractivity contribution in [2.75, 3.05) is 32.6 Å². The predicted octanol–water partition coefficient (Wildman–Crippen LogP) is 2.02. The Morgan fingerprint density at radius 1 is 1.15 bits per heavy atom. The number of ether oxygens (including phenoxy) is 2. The van der Waals surface area contributed by atoms with Gasteiger partial charge in [0.05, 0.1) is 25.8 Å². The summed E-state index contributed by atoms with van der Waals surface area (Å²) in [6.45, 7) is 2.72. The number of aromatic nitrogens is 4. The molecule has 1 fully saturated rings. The third kappa shape index (κ3) is 4.94. The highest BCUT2D eigenvalue weighted by Gasteiger charge is 2.34. The summed E-state index contributed by atoms with van der Waals surface area (Å²) in [6, 6.07) is 13.0. The Kier molecular flexibility index (Phi) is 6.53. The van der Waals surface area contributed by atoms with Gasteiger partial charge in [0.1, 0.15) is 0 Å². The van der Waals surface area contributed by atoms with Crippen molar-refractivity contribution in [1.82, 2.24) is 25.1 Å². The lowest BCUT2D eigenvalue weighted by Crippen LogP contribution is -2.30. The maximum absolute atomic E-state index is 12.8. The molecule has 2 aromatic carbocycles. The van der Waals surface area contributed by atoms with Crippen LogP contribution in [0.4, 0.5) is 5.69 Å². The van der Waals surface area contributed by atoms with Gasteiger partial charge < -0.3 is 19.7 Å². The number of benzene rings is 2. The number of nitrogens with one attached hydrogen (secondary N) is 1. The lowest BCUT2D eigenvalue weighted by atomic mass is 10.1. The Bertz CT molecular complexity index is 1160. The van der Waals surface area contributed by atoms with Gasteiger partial charge in [-0.2, -0.15) is 4.68 Å². The van der Waals surface area contributed by atoms with E-state index < -0.39 is 5.92 Å². The fraction of sp³-hybridized carbons (Fsp3) is 0.348. The average molecular weight is 450 g/mol. The van der Waals surface area contributed by atoms with Crippen LogP contribution < -0.4 is 14.8 Å². The molecule has 2 amide bonds. The van der Waals surface area contributed by atoms with E-state index in [1.165, 1.54) is 0 Å². The number of anilines is 1. The highest BCUT2D eigenvalue weighted by molar-refractivity contribution is 5.97. The van der Waals surface area contributed by atoms with Crippen molar-refractivity contribution in [2.45, 2.75) is 19.8 Å². The van der Waals surface area contributed by atoms with E-state index in [9.17, 15) is 9.59 Å². The smallest absolute Gasteiger partial charge is 0.229 e. The molecule has 1 saturated heterocycles. The molecule has 3 aromatic rings. The van der Waals surface area contributed by atoms with Crippen molar-refractivity contribution in [3.05, 3.63) is 53.9 Å². The Labute approximate surface area is 191 Å². The summed E-state index contributed by atoms with van der Waals surface area (Å²) in [6.07, 6.45) is 0.858. The Morgan fingerprint density at radius 3 is 2.70 bits per heavy atom. The topological polar surface area (TPSA) is 111 Å². The molecule has 0 bridgehead atoms.